The molecule has 1 aromatic rings. The van der Waals surface area contributed by atoms with Gasteiger partial charge < -0.3 is 16.0 Å². The Labute approximate surface area is 158 Å². The fourth-order valence-corrected chi connectivity index (χ4v) is 3.09. The SMILES string of the molecule is Cc1cc(C(=O)N2CCCCC2CNC(=O)CCN)cc([N+](=O)[O-])c1.Cl. The summed E-state index contributed by atoms with van der Waals surface area (Å²) in [5.74, 6) is -0.365. The van der Waals surface area contributed by atoms with Gasteiger partial charge in [0, 0.05) is 49.8 Å². The monoisotopic (exact) mass is 384 g/mol. The Kier molecular flexibility index (Phi) is 8.47. The van der Waals surface area contributed by atoms with Crippen molar-refractivity contribution in [2.45, 2.75) is 38.6 Å². The fraction of sp³-hybridized carbons (Fsp3) is 0.529. The van der Waals surface area contributed by atoms with Crippen molar-refractivity contribution in [3.05, 3.63) is 39.4 Å². The topological polar surface area (TPSA) is 119 Å². The van der Waals surface area contributed by atoms with Gasteiger partial charge in [-0.05, 0) is 37.8 Å². The van der Waals surface area contributed by atoms with Crippen LogP contribution in [-0.4, -0.2) is 47.3 Å². The van der Waals surface area contributed by atoms with E-state index >= 15 is 0 Å². The van der Waals surface area contributed by atoms with Gasteiger partial charge >= 0.3 is 0 Å². The predicted molar refractivity (Wildman–Crippen MR) is 100 cm³/mol. The first kappa shape index (κ1) is 21.9. The number of nitrogens with one attached hydrogen (secondary N) is 1. The van der Waals surface area contributed by atoms with E-state index in [9.17, 15) is 19.7 Å². The van der Waals surface area contributed by atoms with Crippen molar-refractivity contribution in [2.75, 3.05) is 19.6 Å². The first-order chi connectivity index (χ1) is 11.9. The van der Waals surface area contributed by atoms with Gasteiger partial charge in [-0.15, -0.1) is 12.4 Å². The molecular formula is C17H25ClN4O4. The number of carbonyl (C=O) groups excluding carboxylic acids is 2. The number of benzene rings is 1. The number of hydrogen-bond donors (Lipinski definition) is 2. The molecule has 9 heteroatoms. The Bertz CT molecular complexity index is 668. The standard InChI is InChI=1S/C17H24N4O4.ClH/c1-12-8-13(10-15(9-12)21(24)25)17(23)20-7-3-2-4-14(20)11-19-16(22)5-6-18;/h8-10,14H,2-7,11,18H2,1H3,(H,19,22);1H. The van der Waals surface area contributed by atoms with Gasteiger partial charge in [0.05, 0.1) is 4.92 Å². The lowest BCUT2D eigenvalue weighted by atomic mass is 10.00. The zero-order valence-electron chi connectivity index (χ0n) is 14.8. The molecule has 0 saturated carbocycles. The third kappa shape index (κ3) is 5.67. The van der Waals surface area contributed by atoms with Crippen LogP contribution in [0.1, 0.15) is 41.6 Å². The fourth-order valence-electron chi connectivity index (χ4n) is 3.09. The second kappa shape index (κ2) is 10.1. The van der Waals surface area contributed by atoms with Gasteiger partial charge in [-0.25, -0.2) is 0 Å². The summed E-state index contributed by atoms with van der Waals surface area (Å²) in [6.45, 7) is 2.97. The van der Waals surface area contributed by atoms with E-state index in [2.05, 4.69) is 5.32 Å². The third-order valence-corrected chi connectivity index (χ3v) is 4.31. The Morgan fingerprint density at radius 3 is 2.73 bits per heavy atom. The van der Waals surface area contributed by atoms with Crippen LogP contribution in [-0.2, 0) is 4.79 Å². The number of nitrogens with two attached hydrogens (primary N) is 1. The van der Waals surface area contributed by atoms with Crippen molar-refractivity contribution < 1.29 is 14.5 Å². The summed E-state index contributed by atoms with van der Waals surface area (Å²) in [5, 5.41) is 13.8. The number of nitrogens with zero attached hydrogens (tertiary/aromatic N) is 2. The molecule has 1 fully saturated rings. The van der Waals surface area contributed by atoms with Crippen LogP contribution >= 0.6 is 12.4 Å². The highest BCUT2D eigenvalue weighted by atomic mass is 35.5. The quantitative estimate of drug-likeness (QED) is 0.572. The molecule has 1 aliphatic heterocycles. The molecule has 144 valence electrons. The Morgan fingerprint density at radius 1 is 1.35 bits per heavy atom. The van der Waals surface area contributed by atoms with Gasteiger partial charge in [0.2, 0.25) is 5.91 Å². The number of rotatable bonds is 6. The van der Waals surface area contributed by atoms with E-state index in [0.29, 0.717) is 24.2 Å². The molecule has 0 spiro atoms. The van der Waals surface area contributed by atoms with Crippen LogP contribution in [0.2, 0.25) is 0 Å². The second-order valence-electron chi connectivity index (χ2n) is 6.31. The lowest BCUT2D eigenvalue weighted by Gasteiger charge is -2.36. The summed E-state index contributed by atoms with van der Waals surface area (Å²) < 4.78 is 0. The largest absolute Gasteiger partial charge is 0.354 e. The molecule has 1 aromatic carbocycles. The molecule has 1 saturated heterocycles. The number of amides is 2. The minimum absolute atomic E-state index is 0. The van der Waals surface area contributed by atoms with E-state index in [1.807, 2.05) is 0 Å². The maximum Gasteiger partial charge on any atom is 0.270 e. The molecule has 1 aliphatic rings. The van der Waals surface area contributed by atoms with Crippen LogP contribution in [0.5, 0.6) is 0 Å². The average Bonchev–Trinajstić information content (AvgIpc) is 2.59. The van der Waals surface area contributed by atoms with Gasteiger partial charge in [0.15, 0.2) is 0 Å². The third-order valence-electron chi connectivity index (χ3n) is 4.31. The number of nitro benzene ring substituents is 1. The number of likely N-dealkylation sites (tertiary alicyclic amines) is 1. The number of hydrogen-bond acceptors (Lipinski definition) is 5. The van der Waals surface area contributed by atoms with Gasteiger partial charge in [-0.2, -0.15) is 0 Å². The van der Waals surface area contributed by atoms with Crippen LogP contribution < -0.4 is 11.1 Å². The maximum atomic E-state index is 12.9. The van der Waals surface area contributed by atoms with Gasteiger partial charge in [0.1, 0.15) is 0 Å². The maximum absolute atomic E-state index is 12.9. The Morgan fingerprint density at radius 2 is 2.08 bits per heavy atom. The normalized spacial score (nSPS) is 16.5. The van der Waals surface area contributed by atoms with Gasteiger partial charge in [-0.1, -0.05) is 0 Å². The number of halogens is 1. The van der Waals surface area contributed by atoms with E-state index < -0.39 is 4.92 Å². The molecule has 0 bridgehead atoms. The lowest BCUT2D eigenvalue weighted by molar-refractivity contribution is -0.384. The average molecular weight is 385 g/mol. The molecule has 0 aromatic heterocycles. The van der Waals surface area contributed by atoms with E-state index in [4.69, 9.17) is 5.73 Å². The minimum atomic E-state index is -0.496. The van der Waals surface area contributed by atoms with E-state index in [1.165, 1.54) is 12.1 Å². The zero-order valence-corrected chi connectivity index (χ0v) is 15.6. The van der Waals surface area contributed by atoms with Crippen molar-refractivity contribution in [3.63, 3.8) is 0 Å². The van der Waals surface area contributed by atoms with Crippen LogP contribution in [0.15, 0.2) is 18.2 Å². The predicted octanol–water partition coefficient (Wildman–Crippen LogP) is 1.78. The number of non-ortho nitro benzene ring substituents is 1. The minimum Gasteiger partial charge on any atom is -0.354 e. The zero-order chi connectivity index (χ0) is 18.4. The van der Waals surface area contributed by atoms with Crippen LogP contribution in [0.3, 0.4) is 0 Å². The molecule has 2 rings (SSSR count). The molecule has 1 heterocycles. The molecule has 1 atom stereocenters. The van der Waals surface area contributed by atoms with Crippen molar-refractivity contribution in [1.82, 2.24) is 10.2 Å². The second-order valence-corrected chi connectivity index (χ2v) is 6.31. The summed E-state index contributed by atoms with van der Waals surface area (Å²) in [4.78, 5) is 36.8. The first-order valence-electron chi connectivity index (χ1n) is 8.46. The summed E-state index contributed by atoms with van der Waals surface area (Å²) in [7, 11) is 0. The van der Waals surface area contributed by atoms with Gasteiger partial charge in [-0.3, -0.25) is 19.7 Å². The molecule has 0 aliphatic carbocycles. The van der Waals surface area contributed by atoms with E-state index in [0.717, 1.165) is 19.3 Å². The molecule has 3 N–H and O–H groups in total. The van der Waals surface area contributed by atoms with Crippen molar-refractivity contribution in [1.29, 1.82) is 0 Å². The summed E-state index contributed by atoms with van der Waals surface area (Å²) in [5.41, 5.74) is 6.25. The van der Waals surface area contributed by atoms with Crippen molar-refractivity contribution >= 4 is 29.9 Å². The van der Waals surface area contributed by atoms with Crippen LogP contribution in [0.25, 0.3) is 0 Å². The van der Waals surface area contributed by atoms with Crippen LogP contribution in [0.4, 0.5) is 5.69 Å². The Balaban J connectivity index is 0.00000338. The molecule has 2 amide bonds. The first-order valence-corrected chi connectivity index (χ1v) is 8.46. The Hall–Kier alpha value is -2.19. The van der Waals surface area contributed by atoms with E-state index in [1.54, 1.807) is 17.9 Å². The summed E-state index contributed by atoms with van der Waals surface area (Å²) >= 11 is 0. The molecular weight excluding hydrogens is 360 g/mol. The molecule has 1 unspecified atom stereocenters. The van der Waals surface area contributed by atoms with Gasteiger partial charge in [0.25, 0.3) is 11.6 Å². The smallest absolute Gasteiger partial charge is 0.270 e. The number of carbonyl (C=O) groups is 2. The highest BCUT2D eigenvalue weighted by Crippen LogP contribution is 2.23. The molecule has 8 nitrogen and oxygen atoms in total. The highest BCUT2D eigenvalue weighted by Gasteiger charge is 2.28. The molecule has 0 radical (unpaired) electrons. The number of nitro groups is 1. The summed E-state index contributed by atoms with van der Waals surface area (Å²) in [6, 6.07) is 4.31. The molecule has 26 heavy (non-hydrogen) atoms. The van der Waals surface area contributed by atoms with Crippen LogP contribution in [0, 0.1) is 17.0 Å². The van der Waals surface area contributed by atoms with Crippen molar-refractivity contribution in [2.24, 2.45) is 5.73 Å². The number of aryl methyl sites for hydroxylation is 1. The number of piperidine rings is 1. The lowest BCUT2D eigenvalue weighted by Crippen LogP contribution is -2.49. The van der Waals surface area contributed by atoms with Crippen molar-refractivity contribution in [3.8, 4) is 0 Å². The van der Waals surface area contributed by atoms with E-state index in [-0.39, 0.29) is 48.9 Å². The summed E-state index contributed by atoms with van der Waals surface area (Å²) in [6.07, 6.45) is 2.91. The highest BCUT2D eigenvalue weighted by molar-refractivity contribution is 5.95.